The summed E-state index contributed by atoms with van der Waals surface area (Å²) in [4.78, 5) is 12.0. The van der Waals surface area contributed by atoms with Gasteiger partial charge in [-0.25, -0.2) is 5.43 Å². The highest BCUT2D eigenvalue weighted by Gasteiger charge is 2.05. The van der Waals surface area contributed by atoms with E-state index < -0.39 is 0 Å². The van der Waals surface area contributed by atoms with E-state index in [4.69, 9.17) is 11.6 Å². The van der Waals surface area contributed by atoms with Gasteiger partial charge >= 0.3 is 0 Å². The molecule has 0 saturated carbocycles. The number of rotatable bonds is 4. The molecule has 0 aliphatic rings. The van der Waals surface area contributed by atoms with Gasteiger partial charge in [-0.2, -0.15) is 5.10 Å². The average molecular weight is 338 g/mol. The van der Waals surface area contributed by atoms with E-state index in [2.05, 4.69) is 23.5 Å². The summed E-state index contributed by atoms with van der Waals surface area (Å²) in [7, 11) is 0. The highest BCUT2D eigenvalue weighted by atomic mass is 35.5. The van der Waals surface area contributed by atoms with Crippen molar-refractivity contribution in [3.8, 4) is 5.69 Å². The number of carbonyl (C=O) groups excluding carboxylic acids is 1. The number of aromatic nitrogens is 1. The first-order valence-corrected chi connectivity index (χ1v) is 7.85. The number of hydrazone groups is 1. The van der Waals surface area contributed by atoms with Gasteiger partial charge in [0.2, 0.25) is 0 Å². The molecule has 1 aromatic heterocycles. The molecule has 0 fully saturated rings. The summed E-state index contributed by atoms with van der Waals surface area (Å²) in [5.74, 6) is -0.281. The first kappa shape index (κ1) is 16.0. The van der Waals surface area contributed by atoms with E-state index in [0.29, 0.717) is 10.6 Å². The van der Waals surface area contributed by atoms with Gasteiger partial charge in [-0.15, -0.1) is 0 Å². The minimum atomic E-state index is -0.281. The van der Waals surface area contributed by atoms with Gasteiger partial charge in [0.25, 0.3) is 5.91 Å². The highest BCUT2D eigenvalue weighted by Crippen LogP contribution is 2.15. The fraction of sp³-hybridized carbons (Fsp3) is 0.0526. The van der Waals surface area contributed by atoms with Gasteiger partial charge < -0.3 is 4.57 Å². The van der Waals surface area contributed by atoms with Crippen LogP contribution in [-0.4, -0.2) is 16.7 Å². The van der Waals surface area contributed by atoms with Crippen LogP contribution in [0.3, 0.4) is 0 Å². The molecule has 2 aromatic carbocycles. The first-order valence-electron chi connectivity index (χ1n) is 7.47. The van der Waals surface area contributed by atoms with Crippen LogP contribution in [0.15, 0.2) is 72.0 Å². The number of aryl methyl sites for hydroxylation is 1. The van der Waals surface area contributed by atoms with E-state index in [9.17, 15) is 4.79 Å². The lowest BCUT2D eigenvalue weighted by Gasteiger charge is -2.09. The lowest BCUT2D eigenvalue weighted by molar-refractivity contribution is 0.0955. The third-order valence-corrected chi connectivity index (χ3v) is 3.88. The molecule has 0 bridgehead atoms. The molecule has 1 heterocycles. The van der Waals surface area contributed by atoms with Gasteiger partial charge in [0.15, 0.2) is 0 Å². The van der Waals surface area contributed by atoms with Crippen LogP contribution in [-0.2, 0) is 0 Å². The summed E-state index contributed by atoms with van der Waals surface area (Å²) >= 11 is 5.81. The Balaban J connectivity index is 1.74. The minimum Gasteiger partial charge on any atom is -0.315 e. The molecule has 0 radical (unpaired) electrons. The van der Waals surface area contributed by atoms with Crippen LogP contribution in [0, 0.1) is 6.92 Å². The van der Waals surface area contributed by atoms with Crippen molar-refractivity contribution in [1.82, 2.24) is 9.99 Å². The standard InChI is InChI=1S/C19H16ClN3O/c1-14-5-2-3-7-18(14)23-12-4-6-17(23)13-21-22-19(24)15-8-10-16(20)11-9-15/h2-13H,1H3,(H,22,24)/b21-13-. The summed E-state index contributed by atoms with van der Waals surface area (Å²) in [6.07, 6.45) is 3.59. The van der Waals surface area contributed by atoms with Crippen molar-refractivity contribution in [1.29, 1.82) is 0 Å². The predicted octanol–water partition coefficient (Wildman–Crippen LogP) is 4.20. The molecule has 0 saturated heterocycles. The lowest BCUT2D eigenvalue weighted by Crippen LogP contribution is -2.17. The second-order valence-corrected chi connectivity index (χ2v) is 5.73. The molecule has 0 aliphatic heterocycles. The number of benzene rings is 2. The van der Waals surface area contributed by atoms with Gasteiger partial charge in [-0.05, 0) is 55.0 Å². The molecule has 3 rings (SSSR count). The zero-order valence-corrected chi connectivity index (χ0v) is 13.9. The first-order chi connectivity index (χ1) is 11.6. The number of para-hydroxylation sites is 1. The van der Waals surface area contributed by atoms with Crippen molar-refractivity contribution in [2.45, 2.75) is 6.92 Å². The summed E-state index contributed by atoms with van der Waals surface area (Å²) in [6.45, 7) is 2.05. The third kappa shape index (κ3) is 3.55. The summed E-state index contributed by atoms with van der Waals surface area (Å²) in [5.41, 5.74) is 6.14. The zero-order chi connectivity index (χ0) is 16.9. The number of carbonyl (C=O) groups is 1. The molecule has 3 aromatic rings. The largest absolute Gasteiger partial charge is 0.315 e. The SMILES string of the molecule is Cc1ccccc1-n1cccc1/C=N\NC(=O)c1ccc(Cl)cc1. The van der Waals surface area contributed by atoms with Crippen molar-refractivity contribution in [3.63, 3.8) is 0 Å². The summed E-state index contributed by atoms with van der Waals surface area (Å²) < 4.78 is 2.02. The Morgan fingerprint density at radius 2 is 1.83 bits per heavy atom. The van der Waals surface area contributed by atoms with E-state index in [1.54, 1.807) is 30.5 Å². The molecule has 24 heavy (non-hydrogen) atoms. The number of hydrogen-bond acceptors (Lipinski definition) is 2. The van der Waals surface area contributed by atoms with Crippen LogP contribution < -0.4 is 5.43 Å². The van der Waals surface area contributed by atoms with Crippen LogP contribution in [0.2, 0.25) is 5.02 Å². The minimum absolute atomic E-state index is 0.281. The normalized spacial score (nSPS) is 10.9. The molecule has 120 valence electrons. The quantitative estimate of drug-likeness (QED) is 0.562. The van der Waals surface area contributed by atoms with E-state index >= 15 is 0 Å². The highest BCUT2D eigenvalue weighted by molar-refractivity contribution is 6.30. The molecular weight excluding hydrogens is 322 g/mol. The fourth-order valence-electron chi connectivity index (χ4n) is 2.38. The van der Waals surface area contributed by atoms with Crippen LogP contribution in [0.1, 0.15) is 21.6 Å². The van der Waals surface area contributed by atoms with Gasteiger partial charge in [0, 0.05) is 22.5 Å². The molecule has 0 unspecified atom stereocenters. The van der Waals surface area contributed by atoms with Gasteiger partial charge in [0.1, 0.15) is 0 Å². The lowest BCUT2D eigenvalue weighted by atomic mass is 10.2. The van der Waals surface area contributed by atoms with Crippen molar-refractivity contribution >= 4 is 23.7 Å². The zero-order valence-electron chi connectivity index (χ0n) is 13.1. The van der Waals surface area contributed by atoms with Crippen LogP contribution in [0.25, 0.3) is 5.69 Å². The van der Waals surface area contributed by atoms with Crippen LogP contribution in [0.4, 0.5) is 0 Å². The number of nitrogens with one attached hydrogen (secondary N) is 1. The molecule has 0 spiro atoms. The monoisotopic (exact) mass is 337 g/mol. The van der Waals surface area contributed by atoms with E-state index in [0.717, 1.165) is 16.9 Å². The summed E-state index contributed by atoms with van der Waals surface area (Å²) in [6, 6.07) is 18.6. The maximum absolute atomic E-state index is 12.0. The topological polar surface area (TPSA) is 46.4 Å². The van der Waals surface area contributed by atoms with Crippen molar-refractivity contribution < 1.29 is 4.79 Å². The Bertz CT molecular complexity index is 882. The predicted molar refractivity (Wildman–Crippen MR) is 97.0 cm³/mol. The Morgan fingerprint density at radius 3 is 2.58 bits per heavy atom. The molecule has 0 aliphatic carbocycles. The van der Waals surface area contributed by atoms with Crippen LogP contribution >= 0.6 is 11.6 Å². The maximum atomic E-state index is 12.0. The van der Waals surface area contributed by atoms with E-state index in [-0.39, 0.29) is 5.91 Å². The maximum Gasteiger partial charge on any atom is 0.271 e. The number of nitrogens with zero attached hydrogens (tertiary/aromatic N) is 2. The van der Waals surface area contributed by atoms with Crippen LogP contribution in [0.5, 0.6) is 0 Å². The van der Waals surface area contributed by atoms with Gasteiger partial charge in [-0.3, -0.25) is 4.79 Å². The Labute approximate surface area is 145 Å². The molecule has 1 N–H and O–H groups in total. The van der Waals surface area contributed by atoms with Crippen molar-refractivity contribution in [2.75, 3.05) is 0 Å². The fourth-order valence-corrected chi connectivity index (χ4v) is 2.50. The molecule has 4 nitrogen and oxygen atoms in total. The number of amides is 1. The molecule has 5 heteroatoms. The molecule has 0 atom stereocenters. The molecular formula is C19H16ClN3O. The Hall–Kier alpha value is -2.85. The van der Waals surface area contributed by atoms with Crippen molar-refractivity contribution in [3.05, 3.63) is 88.7 Å². The smallest absolute Gasteiger partial charge is 0.271 e. The van der Waals surface area contributed by atoms with Gasteiger partial charge in [0.05, 0.1) is 11.9 Å². The number of hydrogen-bond donors (Lipinski definition) is 1. The third-order valence-electron chi connectivity index (χ3n) is 3.62. The second-order valence-electron chi connectivity index (χ2n) is 5.30. The Kier molecular flexibility index (Phi) is 4.77. The summed E-state index contributed by atoms with van der Waals surface area (Å²) in [5, 5.41) is 4.64. The van der Waals surface area contributed by atoms with Crippen molar-refractivity contribution in [2.24, 2.45) is 5.10 Å². The average Bonchev–Trinajstić information content (AvgIpc) is 3.04. The van der Waals surface area contributed by atoms with E-state index in [1.807, 2.05) is 41.1 Å². The number of halogens is 1. The van der Waals surface area contributed by atoms with Gasteiger partial charge in [-0.1, -0.05) is 29.8 Å². The Morgan fingerprint density at radius 1 is 1.08 bits per heavy atom. The molecule has 1 amide bonds. The second kappa shape index (κ2) is 7.15. The van der Waals surface area contributed by atoms with E-state index in [1.165, 1.54) is 0 Å².